The van der Waals surface area contributed by atoms with Gasteiger partial charge in [-0.2, -0.15) is 5.26 Å². The fourth-order valence-corrected chi connectivity index (χ4v) is 2.43. The molecule has 2 fully saturated rings. The lowest BCUT2D eigenvalue weighted by Gasteiger charge is -2.31. The molecular weight excluding hydrogens is 226 g/mol. The molecule has 0 aromatic carbocycles. The van der Waals surface area contributed by atoms with E-state index in [-0.39, 0.29) is 5.54 Å². The first-order valence-electron chi connectivity index (χ1n) is 7.06. The number of nitrogens with one attached hydrogen (secondary N) is 1. The van der Waals surface area contributed by atoms with Crippen molar-refractivity contribution in [3.8, 4) is 6.07 Å². The van der Waals surface area contributed by atoms with Crippen LogP contribution in [0.25, 0.3) is 0 Å². The van der Waals surface area contributed by atoms with Crippen LogP contribution in [-0.4, -0.2) is 50.8 Å². The lowest BCUT2D eigenvalue weighted by atomic mass is 9.94. The monoisotopic (exact) mass is 251 g/mol. The number of rotatable bonds is 9. The van der Waals surface area contributed by atoms with Gasteiger partial charge in [0.15, 0.2) is 0 Å². The van der Waals surface area contributed by atoms with Crippen molar-refractivity contribution in [3.63, 3.8) is 0 Å². The van der Waals surface area contributed by atoms with Crippen LogP contribution in [0.5, 0.6) is 0 Å². The van der Waals surface area contributed by atoms with Gasteiger partial charge in [-0.05, 0) is 51.6 Å². The number of nitrogens with zero attached hydrogens (tertiary/aromatic N) is 2. The van der Waals surface area contributed by atoms with Gasteiger partial charge in [-0.1, -0.05) is 0 Å². The van der Waals surface area contributed by atoms with Crippen molar-refractivity contribution in [1.82, 2.24) is 10.2 Å². The maximum Gasteiger partial charge on any atom is 0.122 e. The highest BCUT2D eigenvalue weighted by Crippen LogP contribution is 2.39. The van der Waals surface area contributed by atoms with Crippen molar-refractivity contribution in [2.24, 2.45) is 11.8 Å². The van der Waals surface area contributed by atoms with Crippen LogP contribution in [-0.2, 0) is 4.74 Å². The molecule has 4 heteroatoms. The number of hydrogen-bond acceptors (Lipinski definition) is 4. The Morgan fingerprint density at radius 2 is 2.11 bits per heavy atom. The second-order valence-electron chi connectivity index (χ2n) is 5.86. The maximum absolute atomic E-state index is 9.42. The Morgan fingerprint density at radius 1 is 1.39 bits per heavy atom. The molecule has 2 aliphatic carbocycles. The molecule has 2 rings (SSSR count). The number of ether oxygens (including phenoxy) is 1. The minimum atomic E-state index is -0.356. The van der Waals surface area contributed by atoms with Gasteiger partial charge in [0.05, 0.1) is 12.7 Å². The average molecular weight is 251 g/mol. The van der Waals surface area contributed by atoms with E-state index in [1.807, 2.05) is 7.05 Å². The predicted molar refractivity (Wildman–Crippen MR) is 71.2 cm³/mol. The highest BCUT2D eigenvalue weighted by atomic mass is 16.5. The van der Waals surface area contributed by atoms with Crippen molar-refractivity contribution in [2.45, 2.75) is 31.2 Å². The van der Waals surface area contributed by atoms with Crippen molar-refractivity contribution >= 4 is 0 Å². The van der Waals surface area contributed by atoms with Crippen LogP contribution in [0.3, 0.4) is 0 Å². The fourth-order valence-electron chi connectivity index (χ4n) is 2.43. The molecule has 0 aromatic rings. The third kappa shape index (κ3) is 3.68. The summed E-state index contributed by atoms with van der Waals surface area (Å²) in [7, 11) is 3.98. The normalized spacial score (nSPS) is 22.8. The van der Waals surface area contributed by atoms with E-state index < -0.39 is 0 Å². The molecule has 0 spiro atoms. The highest BCUT2D eigenvalue weighted by molar-refractivity contribution is 5.16. The van der Waals surface area contributed by atoms with Crippen LogP contribution in [0.1, 0.15) is 25.7 Å². The molecule has 0 saturated heterocycles. The molecule has 2 saturated carbocycles. The molecule has 1 N–H and O–H groups in total. The highest BCUT2D eigenvalue weighted by Gasteiger charge is 2.45. The third-order valence-corrected chi connectivity index (χ3v) is 4.11. The number of hydrogen-bond donors (Lipinski definition) is 1. The van der Waals surface area contributed by atoms with E-state index in [0.29, 0.717) is 5.92 Å². The average Bonchev–Trinajstić information content (AvgIpc) is 3.24. The maximum atomic E-state index is 9.42. The van der Waals surface area contributed by atoms with E-state index in [2.05, 4.69) is 23.3 Å². The summed E-state index contributed by atoms with van der Waals surface area (Å²) in [6, 6.07) is 2.48. The summed E-state index contributed by atoms with van der Waals surface area (Å²) < 4.78 is 5.64. The minimum absolute atomic E-state index is 0.356. The topological polar surface area (TPSA) is 48.3 Å². The Hall–Kier alpha value is -0.630. The first kappa shape index (κ1) is 13.8. The quantitative estimate of drug-likeness (QED) is 0.626. The van der Waals surface area contributed by atoms with E-state index in [1.165, 1.54) is 25.7 Å². The number of likely N-dealkylation sites (N-methyl/N-ethyl adjacent to an activating group) is 2. The van der Waals surface area contributed by atoms with Gasteiger partial charge < -0.3 is 15.0 Å². The molecule has 0 amide bonds. The van der Waals surface area contributed by atoms with Crippen LogP contribution in [0.15, 0.2) is 0 Å². The largest absolute Gasteiger partial charge is 0.380 e. The Balaban J connectivity index is 1.67. The number of nitriles is 1. The summed E-state index contributed by atoms with van der Waals surface area (Å²) in [4.78, 5) is 2.21. The zero-order valence-electron chi connectivity index (χ0n) is 11.6. The van der Waals surface area contributed by atoms with Crippen LogP contribution < -0.4 is 5.32 Å². The summed E-state index contributed by atoms with van der Waals surface area (Å²) >= 11 is 0. The first-order valence-corrected chi connectivity index (χ1v) is 7.06. The molecule has 102 valence electrons. The van der Waals surface area contributed by atoms with Gasteiger partial charge >= 0.3 is 0 Å². The van der Waals surface area contributed by atoms with Crippen molar-refractivity contribution in [1.29, 1.82) is 5.26 Å². The SMILES string of the molecule is CNC(C#N)(CN(C)CCOCC1CC1)C1CC1. The van der Waals surface area contributed by atoms with E-state index >= 15 is 0 Å². The van der Waals surface area contributed by atoms with Gasteiger partial charge in [0.25, 0.3) is 0 Å². The molecule has 1 unspecified atom stereocenters. The zero-order valence-corrected chi connectivity index (χ0v) is 11.6. The Labute approximate surface area is 110 Å². The summed E-state index contributed by atoms with van der Waals surface area (Å²) in [5.74, 6) is 1.36. The van der Waals surface area contributed by atoms with Crippen LogP contribution >= 0.6 is 0 Å². The van der Waals surface area contributed by atoms with Crippen molar-refractivity contribution in [2.75, 3.05) is 40.4 Å². The molecule has 2 aliphatic rings. The standard InChI is InChI=1S/C14H25N3O/c1-16-14(10-15,13-5-6-13)11-17(2)7-8-18-9-12-3-4-12/h12-13,16H,3-9,11H2,1-2H3. The first-order chi connectivity index (χ1) is 8.70. The summed E-state index contributed by atoms with van der Waals surface area (Å²) in [6.07, 6.45) is 5.05. The Morgan fingerprint density at radius 3 is 2.61 bits per heavy atom. The van der Waals surface area contributed by atoms with Gasteiger partial charge in [-0.15, -0.1) is 0 Å². The van der Waals surface area contributed by atoms with Crippen molar-refractivity contribution < 1.29 is 4.74 Å². The molecule has 18 heavy (non-hydrogen) atoms. The van der Waals surface area contributed by atoms with Crippen LogP contribution in [0, 0.1) is 23.2 Å². The second-order valence-corrected chi connectivity index (χ2v) is 5.86. The van der Waals surface area contributed by atoms with Crippen LogP contribution in [0.2, 0.25) is 0 Å². The second kappa shape index (κ2) is 6.01. The molecule has 1 atom stereocenters. The lowest BCUT2D eigenvalue weighted by Crippen LogP contribution is -2.52. The summed E-state index contributed by atoms with van der Waals surface area (Å²) in [5.41, 5.74) is -0.356. The fraction of sp³-hybridized carbons (Fsp3) is 0.929. The van der Waals surface area contributed by atoms with Crippen molar-refractivity contribution in [3.05, 3.63) is 0 Å². The molecule has 0 heterocycles. The van der Waals surface area contributed by atoms with Gasteiger partial charge in [-0.3, -0.25) is 0 Å². The zero-order chi connectivity index (χ0) is 13.0. The summed E-state index contributed by atoms with van der Waals surface area (Å²) in [6.45, 7) is 3.40. The van der Waals surface area contributed by atoms with Gasteiger partial charge in [0.1, 0.15) is 5.54 Å². The third-order valence-electron chi connectivity index (χ3n) is 4.11. The molecule has 0 aliphatic heterocycles. The molecule has 0 aromatic heterocycles. The molecule has 0 bridgehead atoms. The Bertz CT molecular complexity index is 307. The van der Waals surface area contributed by atoms with E-state index in [9.17, 15) is 5.26 Å². The smallest absolute Gasteiger partial charge is 0.122 e. The van der Waals surface area contributed by atoms with Gasteiger partial charge in [-0.25, -0.2) is 0 Å². The van der Waals surface area contributed by atoms with E-state index in [1.54, 1.807) is 0 Å². The lowest BCUT2D eigenvalue weighted by molar-refractivity contribution is 0.0964. The van der Waals surface area contributed by atoms with E-state index in [0.717, 1.165) is 32.2 Å². The predicted octanol–water partition coefficient (Wildman–Crippen LogP) is 1.24. The van der Waals surface area contributed by atoms with Crippen LogP contribution in [0.4, 0.5) is 0 Å². The molecular formula is C14H25N3O. The van der Waals surface area contributed by atoms with Gasteiger partial charge in [0.2, 0.25) is 0 Å². The minimum Gasteiger partial charge on any atom is -0.380 e. The van der Waals surface area contributed by atoms with Gasteiger partial charge in [0, 0.05) is 19.7 Å². The molecule has 4 nitrogen and oxygen atoms in total. The molecule has 0 radical (unpaired) electrons. The summed E-state index contributed by atoms with van der Waals surface area (Å²) in [5, 5.41) is 12.7. The van der Waals surface area contributed by atoms with E-state index in [4.69, 9.17) is 4.74 Å². The Kier molecular flexibility index (Phi) is 4.60.